The summed E-state index contributed by atoms with van der Waals surface area (Å²) in [5.41, 5.74) is 2.02. The van der Waals surface area contributed by atoms with E-state index in [1.54, 1.807) is 30.3 Å². The van der Waals surface area contributed by atoms with Crippen molar-refractivity contribution in [2.45, 2.75) is 33.2 Å². The first-order chi connectivity index (χ1) is 14.9. The largest absolute Gasteiger partial charge is 0.477 e. The second-order valence-electron chi connectivity index (χ2n) is 8.13. The molecule has 160 valence electrons. The van der Waals surface area contributed by atoms with Crippen LogP contribution in [0.1, 0.15) is 37.0 Å². The minimum absolute atomic E-state index is 0.0830. The van der Waals surface area contributed by atoms with Crippen LogP contribution in [0.15, 0.2) is 58.9 Å². The summed E-state index contributed by atoms with van der Waals surface area (Å²) in [4.78, 5) is 27.4. The lowest BCUT2D eigenvalue weighted by Gasteiger charge is -2.23. The van der Waals surface area contributed by atoms with E-state index in [4.69, 9.17) is 0 Å². The molecule has 1 saturated heterocycles. The highest BCUT2D eigenvalue weighted by molar-refractivity contribution is 6.00. The maximum absolute atomic E-state index is 15.0. The molecule has 1 N–H and O–H groups in total. The Hall–Kier alpha value is -3.41. The monoisotopic (exact) mass is 420 g/mol. The van der Waals surface area contributed by atoms with Crippen molar-refractivity contribution in [3.63, 3.8) is 0 Å². The lowest BCUT2D eigenvalue weighted by molar-refractivity contribution is 0.0696. The van der Waals surface area contributed by atoms with Crippen LogP contribution in [-0.2, 0) is 6.54 Å². The Morgan fingerprint density at radius 1 is 1.13 bits per heavy atom. The molecule has 0 bridgehead atoms. The van der Waals surface area contributed by atoms with E-state index in [0.29, 0.717) is 29.0 Å². The van der Waals surface area contributed by atoms with Gasteiger partial charge in [0.05, 0.1) is 16.9 Å². The molecule has 1 aliphatic heterocycles. The molecule has 0 unspecified atom stereocenters. The minimum Gasteiger partial charge on any atom is -0.477 e. The number of aromatic nitrogens is 1. The molecule has 2 aromatic carbocycles. The van der Waals surface area contributed by atoms with Crippen LogP contribution in [0.3, 0.4) is 0 Å². The number of halogens is 1. The zero-order valence-corrected chi connectivity index (χ0v) is 17.7. The van der Waals surface area contributed by atoms with Gasteiger partial charge in [-0.3, -0.25) is 4.79 Å². The van der Waals surface area contributed by atoms with Crippen molar-refractivity contribution in [2.75, 3.05) is 18.0 Å². The lowest BCUT2D eigenvalue weighted by Crippen LogP contribution is -2.24. The predicted octanol–water partition coefficient (Wildman–Crippen LogP) is 5.07. The van der Waals surface area contributed by atoms with Crippen molar-refractivity contribution in [1.29, 1.82) is 0 Å². The fourth-order valence-corrected chi connectivity index (χ4v) is 4.21. The third kappa shape index (κ3) is 3.85. The summed E-state index contributed by atoms with van der Waals surface area (Å²) in [6, 6.07) is 11.9. The molecule has 1 fully saturated rings. The van der Waals surface area contributed by atoms with Gasteiger partial charge in [0.25, 0.3) is 0 Å². The summed E-state index contributed by atoms with van der Waals surface area (Å²) in [5, 5.41) is 10.0. The molecule has 0 saturated carbocycles. The van der Waals surface area contributed by atoms with E-state index >= 15 is 4.39 Å². The van der Waals surface area contributed by atoms with E-state index in [9.17, 15) is 14.7 Å². The summed E-state index contributed by atoms with van der Waals surface area (Å²) in [6.45, 7) is 5.81. The maximum atomic E-state index is 15.0. The Kier molecular flexibility index (Phi) is 5.63. The average molecular weight is 420 g/mol. The average Bonchev–Trinajstić information content (AvgIpc) is 3.27. The molecular weight excluding hydrogens is 395 g/mol. The Bertz CT molecular complexity index is 1240. The molecule has 0 atom stereocenters. The normalized spacial score (nSPS) is 13.6. The number of carbonyl (C=O) groups is 1. The highest BCUT2D eigenvalue weighted by Crippen LogP contribution is 2.32. The number of benzene rings is 2. The van der Waals surface area contributed by atoms with Gasteiger partial charge in [0, 0.05) is 25.0 Å². The van der Waals surface area contributed by atoms with E-state index in [1.165, 1.54) is 6.07 Å². The molecule has 5 nitrogen and oxygen atoms in total. The van der Waals surface area contributed by atoms with E-state index in [2.05, 4.69) is 0 Å². The Morgan fingerprint density at radius 3 is 2.42 bits per heavy atom. The predicted molar refractivity (Wildman–Crippen MR) is 121 cm³/mol. The number of fused-ring (bicyclic) bond motifs is 1. The van der Waals surface area contributed by atoms with Gasteiger partial charge in [-0.25, -0.2) is 9.18 Å². The summed E-state index contributed by atoms with van der Waals surface area (Å²) in [6.07, 6.45) is 3.96. The Balaban J connectivity index is 2.13. The van der Waals surface area contributed by atoms with E-state index in [-0.39, 0.29) is 10.9 Å². The number of rotatable bonds is 5. The van der Waals surface area contributed by atoms with Crippen LogP contribution < -0.4 is 10.3 Å². The zero-order valence-electron chi connectivity index (χ0n) is 17.7. The van der Waals surface area contributed by atoms with Crippen LogP contribution >= 0.6 is 0 Å². The number of carboxylic acids is 1. The van der Waals surface area contributed by atoms with Crippen LogP contribution in [0.5, 0.6) is 0 Å². The molecular formula is C25H25FN2O3. The minimum atomic E-state index is -1.32. The third-order valence-electron chi connectivity index (χ3n) is 5.72. The van der Waals surface area contributed by atoms with Crippen molar-refractivity contribution in [2.24, 2.45) is 0 Å². The zero-order chi connectivity index (χ0) is 22.1. The fraction of sp³-hybridized carbons (Fsp3) is 0.280. The first-order valence-electron chi connectivity index (χ1n) is 10.5. The number of anilines is 1. The number of hydrogen-bond donors (Lipinski definition) is 1. The first-order valence-corrected chi connectivity index (χ1v) is 10.5. The van der Waals surface area contributed by atoms with Crippen molar-refractivity contribution < 1.29 is 14.3 Å². The second-order valence-corrected chi connectivity index (χ2v) is 8.13. The van der Waals surface area contributed by atoms with E-state index in [0.717, 1.165) is 31.5 Å². The molecule has 2 heterocycles. The second kappa shape index (κ2) is 8.38. The van der Waals surface area contributed by atoms with Crippen molar-refractivity contribution in [3.8, 4) is 11.3 Å². The smallest absolute Gasteiger partial charge is 0.341 e. The topological polar surface area (TPSA) is 62.5 Å². The van der Waals surface area contributed by atoms with Crippen molar-refractivity contribution in [1.82, 2.24) is 4.57 Å². The van der Waals surface area contributed by atoms with Gasteiger partial charge >= 0.3 is 5.97 Å². The number of nitrogens with zero attached hydrogens (tertiary/aromatic N) is 2. The summed E-state index contributed by atoms with van der Waals surface area (Å²) < 4.78 is 16.8. The standard InChI is InChI=1S/C25H25FN2O3/c1-16(2)10-13-28-20-15-21(27-11-6-7-12-27)19(26)14-18(20)24(29)22(25(30)31)23(28)17-8-4-3-5-9-17/h3-5,8-10,14-15H,6-7,11-13H2,1-2H3,(H,30,31). The van der Waals surface area contributed by atoms with Crippen LogP contribution in [0, 0.1) is 5.82 Å². The molecule has 1 aliphatic rings. The Morgan fingerprint density at radius 2 is 1.81 bits per heavy atom. The van der Waals surface area contributed by atoms with Crippen LogP contribution in [0.25, 0.3) is 22.2 Å². The molecule has 0 spiro atoms. The molecule has 3 aromatic rings. The number of hydrogen-bond acceptors (Lipinski definition) is 3. The van der Waals surface area contributed by atoms with Gasteiger partial charge in [0.15, 0.2) is 0 Å². The van der Waals surface area contributed by atoms with Crippen LogP contribution in [-0.4, -0.2) is 28.7 Å². The number of aromatic carboxylic acids is 1. The van der Waals surface area contributed by atoms with Crippen LogP contribution in [0.4, 0.5) is 10.1 Å². The van der Waals surface area contributed by atoms with Gasteiger partial charge in [-0.05, 0) is 44.4 Å². The molecule has 0 amide bonds. The van der Waals surface area contributed by atoms with Gasteiger partial charge < -0.3 is 14.6 Å². The summed E-state index contributed by atoms with van der Waals surface area (Å²) >= 11 is 0. The number of allylic oxidation sites excluding steroid dienone is 2. The van der Waals surface area contributed by atoms with Gasteiger partial charge in [-0.2, -0.15) is 0 Å². The van der Waals surface area contributed by atoms with Gasteiger partial charge in [-0.15, -0.1) is 0 Å². The molecule has 0 aliphatic carbocycles. The van der Waals surface area contributed by atoms with Crippen LogP contribution in [0.2, 0.25) is 0 Å². The molecule has 1 aromatic heterocycles. The lowest BCUT2D eigenvalue weighted by atomic mass is 10.0. The Labute approximate surface area is 180 Å². The van der Waals surface area contributed by atoms with E-state index < -0.39 is 17.2 Å². The number of pyridine rings is 1. The first kappa shape index (κ1) is 20.8. The summed E-state index contributed by atoms with van der Waals surface area (Å²) in [5.74, 6) is -1.82. The highest BCUT2D eigenvalue weighted by atomic mass is 19.1. The highest BCUT2D eigenvalue weighted by Gasteiger charge is 2.25. The molecule has 4 rings (SSSR count). The van der Waals surface area contributed by atoms with E-state index in [1.807, 2.05) is 35.5 Å². The van der Waals surface area contributed by atoms with Gasteiger partial charge in [-0.1, -0.05) is 42.0 Å². The van der Waals surface area contributed by atoms with Gasteiger partial charge in [0.1, 0.15) is 11.4 Å². The SMILES string of the molecule is CC(C)=CCn1c(-c2ccccc2)c(C(=O)O)c(=O)c2cc(F)c(N3CCCC3)cc21. The quantitative estimate of drug-likeness (QED) is 0.585. The van der Waals surface area contributed by atoms with Crippen molar-refractivity contribution >= 4 is 22.6 Å². The third-order valence-corrected chi connectivity index (χ3v) is 5.72. The fourth-order valence-electron chi connectivity index (χ4n) is 4.21. The van der Waals surface area contributed by atoms with Gasteiger partial charge in [0.2, 0.25) is 5.43 Å². The summed E-state index contributed by atoms with van der Waals surface area (Å²) in [7, 11) is 0. The van der Waals surface area contributed by atoms with Crippen molar-refractivity contribution in [3.05, 3.63) is 75.7 Å². The maximum Gasteiger partial charge on any atom is 0.341 e. The number of carboxylic acid groups (broad SMARTS) is 1. The molecule has 0 radical (unpaired) electrons. The molecule has 31 heavy (non-hydrogen) atoms. The molecule has 6 heteroatoms.